The number of rotatable bonds is 9. The minimum Gasteiger partial charge on any atom is -0.480 e. The molecule has 3 rings (SSSR count). The molecule has 0 aliphatic carbocycles. The fraction of sp³-hybridized carbons (Fsp3) is 0.600. The van der Waals surface area contributed by atoms with Crippen LogP contribution in [0.1, 0.15) is 52.5 Å². The molecule has 3 unspecified atom stereocenters. The summed E-state index contributed by atoms with van der Waals surface area (Å²) >= 11 is 0. The van der Waals surface area contributed by atoms with Crippen LogP contribution >= 0.6 is 0 Å². The summed E-state index contributed by atoms with van der Waals surface area (Å²) in [5, 5.41) is 14.7. The highest BCUT2D eigenvalue weighted by Gasteiger charge is 2.56. The number of esters is 1. The van der Waals surface area contributed by atoms with Crippen molar-refractivity contribution in [3.8, 4) is 5.75 Å². The first kappa shape index (κ1) is 26.5. The second kappa shape index (κ2) is 11.1. The third-order valence-corrected chi connectivity index (χ3v) is 5.97. The van der Waals surface area contributed by atoms with E-state index in [1.807, 2.05) is 6.92 Å². The molecule has 2 amide bonds. The van der Waals surface area contributed by atoms with Gasteiger partial charge in [0.2, 0.25) is 5.91 Å². The molecule has 3 N–H and O–H groups in total. The van der Waals surface area contributed by atoms with Gasteiger partial charge in [-0.3, -0.25) is 9.59 Å². The van der Waals surface area contributed by atoms with Gasteiger partial charge in [-0.15, -0.1) is 0 Å². The molecule has 35 heavy (non-hydrogen) atoms. The average Bonchev–Trinajstić information content (AvgIpc) is 3.38. The lowest BCUT2D eigenvalue weighted by molar-refractivity contribution is -0.145. The van der Waals surface area contributed by atoms with Crippen LogP contribution in [0.5, 0.6) is 5.75 Å². The van der Waals surface area contributed by atoms with E-state index in [2.05, 4.69) is 10.6 Å². The van der Waals surface area contributed by atoms with Gasteiger partial charge in [0, 0.05) is 13.0 Å². The van der Waals surface area contributed by atoms with E-state index < -0.39 is 41.5 Å². The number of hydrogen-bond acceptors (Lipinski definition) is 7. The number of carboxylic acid groups (broad SMARTS) is 1. The van der Waals surface area contributed by atoms with Crippen LogP contribution in [0.2, 0.25) is 0 Å². The molecule has 192 valence electrons. The van der Waals surface area contributed by atoms with Crippen molar-refractivity contribution < 1.29 is 38.5 Å². The van der Waals surface area contributed by atoms with Crippen LogP contribution in [0.25, 0.3) is 0 Å². The Balaban J connectivity index is 1.61. The zero-order chi connectivity index (χ0) is 25.8. The van der Waals surface area contributed by atoms with Crippen LogP contribution < -0.4 is 15.4 Å². The van der Waals surface area contributed by atoms with Gasteiger partial charge in [0.05, 0.1) is 24.0 Å². The Morgan fingerprint density at radius 2 is 1.71 bits per heavy atom. The Kier molecular flexibility index (Phi) is 8.37. The molecule has 2 aliphatic heterocycles. The predicted octanol–water partition coefficient (Wildman–Crippen LogP) is 2.43. The lowest BCUT2D eigenvalue weighted by atomic mass is 9.78. The number of benzene rings is 1. The first-order valence-corrected chi connectivity index (χ1v) is 11.9. The fourth-order valence-corrected chi connectivity index (χ4v) is 4.44. The molecule has 0 aromatic heterocycles. The van der Waals surface area contributed by atoms with Gasteiger partial charge in [0.25, 0.3) is 0 Å². The quantitative estimate of drug-likeness (QED) is 0.354. The van der Waals surface area contributed by atoms with Crippen LogP contribution in [0.4, 0.5) is 4.79 Å². The summed E-state index contributed by atoms with van der Waals surface area (Å²) in [5.74, 6) is -2.86. The minimum atomic E-state index is -1.20. The van der Waals surface area contributed by atoms with E-state index in [1.165, 1.54) is 0 Å². The third-order valence-electron chi connectivity index (χ3n) is 5.97. The molecule has 2 bridgehead atoms. The van der Waals surface area contributed by atoms with Crippen LogP contribution in [0.15, 0.2) is 24.3 Å². The van der Waals surface area contributed by atoms with Crippen LogP contribution in [-0.4, -0.2) is 59.4 Å². The molecule has 2 aliphatic rings. The molecule has 1 aromatic carbocycles. The highest BCUT2D eigenvalue weighted by atomic mass is 16.6. The van der Waals surface area contributed by atoms with Crippen molar-refractivity contribution in [3.63, 3.8) is 0 Å². The lowest BCUT2D eigenvalue weighted by Gasteiger charge is -2.25. The van der Waals surface area contributed by atoms with Crippen molar-refractivity contribution in [2.75, 3.05) is 6.54 Å². The Morgan fingerprint density at radius 3 is 2.29 bits per heavy atom. The molecule has 1 aromatic rings. The standard InChI is InChI=1S/C25H34N2O8/c1-5-12-26-21(28)19-17-10-11-18(34-17)20(19)23(31)33-15-8-6-14(7-9-15)13-16(22(29)30)27-24(32)35-25(2,3)4/h6-9,16-20H,5,10-13H2,1-4H3,(H,26,28)(H,27,32)(H,29,30)/t16?,17-,18+,19?,20?/m0/s1. The first-order valence-electron chi connectivity index (χ1n) is 11.9. The second-order valence-electron chi connectivity index (χ2n) is 9.94. The zero-order valence-electron chi connectivity index (χ0n) is 20.5. The molecule has 0 spiro atoms. The number of alkyl carbamates (subject to hydrolysis) is 1. The van der Waals surface area contributed by atoms with E-state index in [0.29, 0.717) is 18.5 Å². The van der Waals surface area contributed by atoms with Gasteiger partial charge in [0.15, 0.2) is 0 Å². The van der Waals surface area contributed by atoms with Crippen LogP contribution in [0, 0.1) is 11.8 Å². The number of fused-ring (bicyclic) bond motifs is 2. The summed E-state index contributed by atoms with van der Waals surface area (Å²) in [4.78, 5) is 49.1. The number of nitrogens with one attached hydrogen (secondary N) is 2. The topological polar surface area (TPSA) is 140 Å². The summed E-state index contributed by atoms with van der Waals surface area (Å²) in [7, 11) is 0. The summed E-state index contributed by atoms with van der Waals surface area (Å²) in [6, 6.07) is 5.17. The minimum absolute atomic E-state index is 0.0166. The SMILES string of the molecule is CCCNC(=O)C1C(C(=O)Oc2ccc(CC(NC(=O)OC(C)(C)C)C(=O)O)cc2)[C@H]2CC[C@@H]1O2. The summed E-state index contributed by atoms with van der Waals surface area (Å²) in [5.41, 5.74) is -0.133. The van der Waals surface area contributed by atoms with Gasteiger partial charge in [-0.05, 0) is 57.7 Å². The maximum Gasteiger partial charge on any atom is 0.408 e. The van der Waals surface area contributed by atoms with Crippen LogP contribution in [-0.2, 0) is 30.3 Å². The molecule has 2 heterocycles. The number of ether oxygens (including phenoxy) is 3. The van der Waals surface area contributed by atoms with Gasteiger partial charge in [-0.25, -0.2) is 9.59 Å². The maximum absolute atomic E-state index is 13.0. The number of carbonyl (C=O) groups excluding carboxylic acids is 3. The van der Waals surface area contributed by atoms with E-state index >= 15 is 0 Å². The molecule has 2 fully saturated rings. The molecular weight excluding hydrogens is 456 g/mol. The predicted molar refractivity (Wildman–Crippen MR) is 125 cm³/mol. The number of carboxylic acids is 1. The van der Waals surface area contributed by atoms with Gasteiger partial charge >= 0.3 is 18.0 Å². The Morgan fingerprint density at radius 1 is 1.09 bits per heavy atom. The number of aliphatic carboxylic acids is 1. The third kappa shape index (κ3) is 6.94. The van der Waals surface area contributed by atoms with E-state index in [-0.39, 0.29) is 30.3 Å². The molecule has 0 radical (unpaired) electrons. The highest BCUT2D eigenvalue weighted by molar-refractivity contribution is 5.88. The first-order chi connectivity index (χ1) is 16.5. The van der Waals surface area contributed by atoms with Crippen molar-refractivity contribution in [2.45, 2.75) is 77.2 Å². The van der Waals surface area contributed by atoms with Gasteiger partial charge in [0.1, 0.15) is 17.4 Å². The molecule has 10 heteroatoms. The maximum atomic E-state index is 13.0. The van der Waals surface area contributed by atoms with Gasteiger partial charge < -0.3 is 30.0 Å². The smallest absolute Gasteiger partial charge is 0.408 e. The Hall–Kier alpha value is -3.14. The average molecular weight is 491 g/mol. The van der Waals surface area contributed by atoms with Crippen molar-refractivity contribution in [1.29, 1.82) is 0 Å². The second-order valence-corrected chi connectivity index (χ2v) is 9.94. The number of hydrogen-bond donors (Lipinski definition) is 3. The fourth-order valence-electron chi connectivity index (χ4n) is 4.44. The van der Waals surface area contributed by atoms with Crippen molar-refractivity contribution in [3.05, 3.63) is 29.8 Å². The molecule has 5 atom stereocenters. The Bertz CT molecular complexity index is 940. The molecule has 10 nitrogen and oxygen atoms in total. The monoisotopic (exact) mass is 490 g/mol. The van der Waals surface area contributed by atoms with Gasteiger partial charge in [-0.1, -0.05) is 19.1 Å². The molecular formula is C25H34N2O8. The normalized spacial score (nSPS) is 23.9. The highest BCUT2D eigenvalue weighted by Crippen LogP contribution is 2.44. The molecule has 2 saturated heterocycles. The van der Waals surface area contributed by atoms with E-state index in [1.54, 1.807) is 45.0 Å². The lowest BCUT2D eigenvalue weighted by Crippen LogP contribution is -2.45. The summed E-state index contributed by atoms with van der Waals surface area (Å²) in [6.45, 7) is 7.55. The number of amides is 2. The van der Waals surface area contributed by atoms with Crippen LogP contribution in [0.3, 0.4) is 0 Å². The zero-order valence-corrected chi connectivity index (χ0v) is 20.5. The largest absolute Gasteiger partial charge is 0.480 e. The van der Waals surface area contributed by atoms with Crippen molar-refractivity contribution in [2.24, 2.45) is 11.8 Å². The van der Waals surface area contributed by atoms with E-state index in [0.717, 1.165) is 12.8 Å². The van der Waals surface area contributed by atoms with E-state index in [4.69, 9.17) is 14.2 Å². The summed E-state index contributed by atoms with van der Waals surface area (Å²) < 4.78 is 16.5. The number of carbonyl (C=O) groups is 4. The Labute approximate surface area is 204 Å². The van der Waals surface area contributed by atoms with E-state index in [9.17, 15) is 24.3 Å². The van der Waals surface area contributed by atoms with Gasteiger partial charge in [-0.2, -0.15) is 0 Å². The molecule has 0 saturated carbocycles. The summed E-state index contributed by atoms with van der Waals surface area (Å²) in [6.07, 6.45) is 0.841. The van der Waals surface area contributed by atoms with Crippen molar-refractivity contribution in [1.82, 2.24) is 10.6 Å². The van der Waals surface area contributed by atoms with Crippen molar-refractivity contribution >= 4 is 23.9 Å².